The van der Waals surface area contributed by atoms with Gasteiger partial charge in [0.25, 0.3) is 0 Å². The number of nitrogens with zero attached hydrogens (tertiary/aromatic N) is 1. The Kier molecular flexibility index (Phi) is 4.82. The predicted octanol–water partition coefficient (Wildman–Crippen LogP) is 2.86. The third-order valence-electron chi connectivity index (χ3n) is 2.78. The van der Waals surface area contributed by atoms with Gasteiger partial charge in [0.1, 0.15) is 5.82 Å². The summed E-state index contributed by atoms with van der Waals surface area (Å²) in [5, 5.41) is 0. The number of nitrogens with one attached hydrogen (secondary N) is 1. The smallest absolute Gasteiger partial charge is 0.106 e. The fourth-order valence-electron chi connectivity index (χ4n) is 1.75. The molecule has 0 saturated heterocycles. The molecule has 86 valence electrons. The van der Waals surface area contributed by atoms with Crippen molar-refractivity contribution in [3.8, 4) is 0 Å². The average molecular weight is 209 g/mol. The average Bonchev–Trinajstić information content (AvgIpc) is 2.59. The molecular weight excluding hydrogens is 186 g/mol. The Morgan fingerprint density at radius 2 is 2.07 bits per heavy atom. The molecule has 15 heavy (non-hydrogen) atoms. The quantitative estimate of drug-likeness (QED) is 0.708. The second kappa shape index (κ2) is 5.91. The van der Waals surface area contributed by atoms with Crippen LogP contribution in [0.25, 0.3) is 0 Å². The summed E-state index contributed by atoms with van der Waals surface area (Å²) in [6.07, 6.45) is 5.73. The first-order valence-corrected chi connectivity index (χ1v) is 6.00. The van der Waals surface area contributed by atoms with Crippen molar-refractivity contribution in [1.82, 2.24) is 9.97 Å². The number of hydrogen-bond acceptors (Lipinski definition) is 2. The van der Waals surface area contributed by atoms with Gasteiger partial charge in [0.2, 0.25) is 0 Å². The molecule has 1 unspecified atom stereocenters. The molecule has 0 aliphatic carbocycles. The van der Waals surface area contributed by atoms with Gasteiger partial charge in [0, 0.05) is 18.2 Å². The third-order valence-corrected chi connectivity index (χ3v) is 2.78. The number of aryl methyl sites for hydroxylation is 2. The summed E-state index contributed by atoms with van der Waals surface area (Å²) in [7, 11) is 0. The Morgan fingerprint density at radius 1 is 1.33 bits per heavy atom. The van der Waals surface area contributed by atoms with Crippen molar-refractivity contribution in [2.75, 3.05) is 0 Å². The van der Waals surface area contributed by atoms with Crippen molar-refractivity contribution in [2.45, 2.75) is 58.9 Å². The third kappa shape index (κ3) is 3.34. The summed E-state index contributed by atoms with van der Waals surface area (Å²) in [5.41, 5.74) is 8.16. The minimum atomic E-state index is 0.0844. The molecule has 1 aromatic rings. The van der Waals surface area contributed by atoms with E-state index in [1.807, 2.05) is 0 Å². The van der Waals surface area contributed by atoms with E-state index in [1.165, 1.54) is 19.3 Å². The van der Waals surface area contributed by atoms with E-state index in [0.29, 0.717) is 0 Å². The highest BCUT2D eigenvalue weighted by Gasteiger charge is 2.12. The van der Waals surface area contributed by atoms with Gasteiger partial charge in [-0.05, 0) is 19.8 Å². The summed E-state index contributed by atoms with van der Waals surface area (Å²) < 4.78 is 0. The van der Waals surface area contributed by atoms with Gasteiger partial charge in [-0.25, -0.2) is 4.98 Å². The van der Waals surface area contributed by atoms with E-state index in [1.54, 1.807) is 0 Å². The molecule has 1 heterocycles. The zero-order valence-corrected chi connectivity index (χ0v) is 10.1. The molecule has 1 rings (SSSR count). The van der Waals surface area contributed by atoms with Crippen LogP contribution >= 0.6 is 0 Å². The number of H-pyrrole nitrogens is 1. The van der Waals surface area contributed by atoms with Crippen LogP contribution in [0, 0.1) is 6.92 Å². The van der Waals surface area contributed by atoms with Crippen LogP contribution in [0.3, 0.4) is 0 Å². The molecule has 0 aliphatic heterocycles. The molecule has 0 fully saturated rings. The van der Waals surface area contributed by atoms with Crippen molar-refractivity contribution in [2.24, 2.45) is 5.73 Å². The molecule has 0 amide bonds. The Morgan fingerprint density at radius 3 is 2.67 bits per heavy atom. The molecule has 0 saturated carbocycles. The van der Waals surface area contributed by atoms with Crippen molar-refractivity contribution in [3.63, 3.8) is 0 Å². The molecule has 0 radical (unpaired) electrons. The van der Waals surface area contributed by atoms with Gasteiger partial charge >= 0.3 is 0 Å². The van der Waals surface area contributed by atoms with Crippen LogP contribution in [0.2, 0.25) is 0 Å². The van der Waals surface area contributed by atoms with Crippen LogP contribution in [-0.4, -0.2) is 9.97 Å². The van der Waals surface area contributed by atoms with Crippen molar-refractivity contribution >= 4 is 0 Å². The number of nitrogens with two attached hydrogens (primary N) is 1. The van der Waals surface area contributed by atoms with Gasteiger partial charge < -0.3 is 10.7 Å². The number of unbranched alkanes of at least 4 members (excludes halogenated alkanes) is 2. The molecule has 0 aromatic carbocycles. The van der Waals surface area contributed by atoms with Crippen LogP contribution < -0.4 is 5.73 Å². The van der Waals surface area contributed by atoms with Crippen LogP contribution in [0.4, 0.5) is 0 Å². The number of rotatable bonds is 6. The number of imidazole rings is 1. The predicted molar refractivity (Wildman–Crippen MR) is 63.8 cm³/mol. The SMILES string of the molecule is CCCCCc1nc(C(N)CC)c(C)[nH]1. The Balaban J connectivity index is 2.60. The van der Waals surface area contributed by atoms with Gasteiger partial charge in [-0.3, -0.25) is 0 Å². The maximum atomic E-state index is 5.98. The molecule has 0 aliphatic rings. The Hall–Kier alpha value is -0.830. The fourth-order valence-corrected chi connectivity index (χ4v) is 1.75. The van der Waals surface area contributed by atoms with Gasteiger partial charge in [-0.1, -0.05) is 26.7 Å². The molecule has 1 atom stereocenters. The van der Waals surface area contributed by atoms with E-state index in [0.717, 1.165) is 30.1 Å². The van der Waals surface area contributed by atoms with Crippen molar-refractivity contribution in [3.05, 3.63) is 17.2 Å². The van der Waals surface area contributed by atoms with Crippen LogP contribution in [0.1, 0.15) is 62.8 Å². The van der Waals surface area contributed by atoms with E-state index in [9.17, 15) is 0 Å². The zero-order chi connectivity index (χ0) is 11.3. The van der Waals surface area contributed by atoms with Gasteiger partial charge in [0.05, 0.1) is 5.69 Å². The zero-order valence-electron chi connectivity index (χ0n) is 10.1. The minimum absolute atomic E-state index is 0.0844. The molecule has 3 nitrogen and oxygen atoms in total. The topological polar surface area (TPSA) is 54.7 Å². The molecule has 3 N–H and O–H groups in total. The van der Waals surface area contributed by atoms with E-state index in [2.05, 4.69) is 30.7 Å². The normalized spacial score (nSPS) is 13.1. The molecule has 0 spiro atoms. The molecule has 0 bridgehead atoms. The van der Waals surface area contributed by atoms with Gasteiger partial charge in [-0.2, -0.15) is 0 Å². The van der Waals surface area contributed by atoms with Gasteiger partial charge in [0.15, 0.2) is 0 Å². The van der Waals surface area contributed by atoms with Gasteiger partial charge in [-0.15, -0.1) is 0 Å². The fraction of sp³-hybridized carbons (Fsp3) is 0.750. The van der Waals surface area contributed by atoms with Crippen LogP contribution in [0.15, 0.2) is 0 Å². The molecule has 3 heteroatoms. The second-order valence-corrected chi connectivity index (χ2v) is 4.17. The molecule has 1 aromatic heterocycles. The highest BCUT2D eigenvalue weighted by molar-refractivity contribution is 5.16. The minimum Gasteiger partial charge on any atom is -0.346 e. The van der Waals surface area contributed by atoms with E-state index >= 15 is 0 Å². The summed E-state index contributed by atoms with van der Waals surface area (Å²) in [4.78, 5) is 7.90. The highest BCUT2D eigenvalue weighted by atomic mass is 15.0. The first kappa shape index (κ1) is 12.2. The summed E-state index contributed by atoms with van der Waals surface area (Å²) >= 11 is 0. The number of aromatic amines is 1. The largest absolute Gasteiger partial charge is 0.346 e. The number of hydrogen-bond donors (Lipinski definition) is 2. The Labute approximate surface area is 92.5 Å². The van der Waals surface area contributed by atoms with Crippen molar-refractivity contribution in [1.29, 1.82) is 0 Å². The lowest BCUT2D eigenvalue weighted by molar-refractivity contribution is 0.666. The van der Waals surface area contributed by atoms with E-state index in [4.69, 9.17) is 5.73 Å². The number of aromatic nitrogens is 2. The lowest BCUT2D eigenvalue weighted by Gasteiger charge is -2.04. The van der Waals surface area contributed by atoms with Crippen LogP contribution in [0.5, 0.6) is 0 Å². The second-order valence-electron chi connectivity index (χ2n) is 4.17. The maximum absolute atomic E-state index is 5.98. The first-order chi connectivity index (χ1) is 7.19. The van der Waals surface area contributed by atoms with E-state index in [-0.39, 0.29) is 6.04 Å². The summed E-state index contributed by atoms with van der Waals surface area (Å²) in [5.74, 6) is 1.10. The standard InChI is InChI=1S/C12H23N3/c1-4-6-7-8-11-14-9(3)12(15-11)10(13)5-2/h10H,4-8,13H2,1-3H3,(H,14,15). The summed E-state index contributed by atoms with van der Waals surface area (Å²) in [6, 6.07) is 0.0844. The highest BCUT2D eigenvalue weighted by Crippen LogP contribution is 2.16. The lowest BCUT2D eigenvalue weighted by Crippen LogP contribution is -2.10. The van der Waals surface area contributed by atoms with Crippen LogP contribution in [-0.2, 0) is 6.42 Å². The first-order valence-electron chi connectivity index (χ1n) is 6.00. The monoisotopic (exact) mass is 209 g/mol. The lowest BCUT2D eigenvalue weighted by atomic mass is 10.1. The maximum Gasteiger partial charge on any atom is 0.106 e. The molecular formula is C12H23N3. The van der Waals surface area contributed by atoms with Crippen molar-refractivity contribution < 1.29 is 0 Å². The summed E-state index contributed by atoms with van der Waals surface area (Å²) in [6.45, 7) is 6.36. The Bertz CT molecular complexity index is 291. The van der Waals surface area contributed by atoms with E-state index < -0.39 is 0 Å².